The molecule has 172 valence electrons. The van der Waals surface area contributed by atoms with Crippen molar-refractivity contribution < 1.29 is 13.2 Å². The van der Waals surface area contributed by atoms with Crippen molar-refractivity contribution in [1.29, 1.82) is 0 Å². The van der Waals surface area contributed by atoms with Crippen LogP contribution in [0.15, 0.2) is 77.5 Å². The molecule has 5 rings (SSSR count). The molecule has 0 amide bonds. The van der Waals surface area contributed by atoms with Crippen LogP contribution >= 0.6 is 15.9 Å². The van der Waals surface area contributed by atoms with Gasteiger partial charge >= 0.3 is 6.18 Å². The maximum atomic E-state index is 12.8. The summed E-state index contributed by atoms with van der Waals surface area (Å²) in [6, 6.07) is 17.1. The van der Waals surface area contributed by atoms with Crippen molar-refractivity contribution in [2.45, 2.75) is 25.7 Å². The van der Waals surface area contributed by atoms with E-state index in [0.29, 0.717) is 17.9 Å². The highest BCUT2D eigenvalue weighted by atomic mass is 79.9. The summed E-state index contributed by atoms with van der Waals surface area (Å²) in [5, 5.41) is 0. The van der Waals surface area contributed by atoms with Gasteiger partial charge in [0.15, 0.2) is 5.82 Å². The lowest BCUT2D eigenvalue weighted by atomic mass is 10.1. The average Bonchev–Trinajstić information content (AvgIpc) is 2.84. The second-order valence-corrected chi connectivity index (χ2v) is 9.09. The minimum atomic E-state index is -4.35. The van der Waals surface area contributed by atoms with Gasteiger partial charge in [0.2, 0.25) is 0 Å². The lowest BCUT2D eigenvalue weighted by Crippen LogP contribution is -2.31. The van der Waals surface area contributed by atoms with Crippen LogP contribution in [0.2, 0.25) is 0 Å². The quantitative estimate of drug-likeness (QED) is 0.303. The van der Waals surface area contributed by atoms with Crippen molar-refractivity contribution >= 4 is 15.9 Å². The van der Waals surface area contributed by atoms with E-state index in [1.165, 1.54) is 12.1 Å². The fraction of sp³-hybridized carbons (Fsp3) is 0.192. The normalized spacial score (nSPS) is 14.1. The van der Waals surface area contributed by atoms with E-state index in [4.69, 9.17) is 0 Å². The first-order valence-corrected chi connectivity index (χ1v) is 11.6. The highest BCUT2D eigenvalue weighted by Gasteiger charge is 2.30. The smallest absolute Gasteiger partial charge is 0.294 e. The third kappa shape index (κ3) is 4.88. The molecule has 4 nitrogen and oxygen atoms in total. The van der Waals surface area contributed by atoms with Gasteiger partial charge in [-0.15, -0.1) is 0 Å². The number of nitrogens with zero attached hydrogens (tertiary/aromatic N) is 4. The molecule has 0 radical (unpaired) electrons. The van der Waals surface area contributed by atoms with Crippen molar-refractivity contribution in [3.8, 4) is 22.6 Å². The van der Waals surface area contributed by atoms with Crippen molar-refractivity contribution in [3.63, 3.8) is 0 Å². The first-order chi connectivity index (χ1) is 16.4. The number of alkyl halides is 3. The van der Waals surface area contributed by atoms with E-state index in [0.717, 1.165) is 64.2 Å². The largest absolute Gasteiger partial charge is 0.416 e. The number of hydrogen-bond donors (Lipinski definition) is 0. The van der Waals surface area contributed by atoms with E-state index in [9.17, 15) is 13.2 Å². The maximum Gasteiger partial charge on any atom is 0.416 e. The molecule has 0 N–H and O–H groups in total. The van der Waals surface area contributed by atoms with E-state index in [1.54, 1.807) is 6.20 Å². The maximum absolute atomic E-state index is 12.8. The third-order valence-corrected chi connectivity index (χ3v) is 6.56. The summed E-state index contributed by atoms with van der Waals surface area (Å²) < 4.78 is 39.4. The van der Waals surface area contributed by atoms with Gasteiger partial charge in [-0.2, -0.15) is 13.2 Å². The second kappa shape index (κ2) is 9.27. The minimum Gasteiger partial charge on any atom is -0.294 e. The standard InChI is InChI=1S/C26H20BrF3N4/c27-22-4-2-1-3-21(22)24-10-5-17(13-31-24)15-34-12-11-23-19(16-34)14-32-25(33-23)18-6-8-20(9-7-18)26(28,29)30/h1-10,13-14H,11-12,15-16H2. The van der Waals surface area contributed by atoms with E-state index in [1.807, 2.05) is 36.5 Å². The lowest BCUT2D eigenvalue weighted by molar-refractivity contribution is -0.137. The molecule has 1 aliphatic heterocycles. The Morgan fingerprint density at radius 2 is 1.71 bits per heavy atom. The number of fused-ring (bicyclic) bond motifs is 1. The molecule has 0 atom stereocenters. The summed E-state index contributed by atoms with van der Waals surface area (Å²) in [4.78, 5) is 16.0. The lowest BCUT2D eigenvalue weighted by Gasteiger charge is -2.28. The number of rotatable bonds is 4. The highest BCUT2D eigenvalue weighted by molar-refractivity contribution is 9.10. The molecule has 0 bridgehead atoms. The molecule has 34 heavy (non-hydrogen) atoms. The molecule has 4 aromatic rings. The summed E-state index contributed by atoms with van der Waals surface area (Å²) in [7, 11) is 0. The zero-order valence-corrected chi connectivity index (χ0v) is 19.6. The number of pyridine rings is 1. The van der Waals surface area contributed by atoms with E-state index in [2.05, 4.69) is 41.8 Å². The van der Waals surface area contributed by atoms with Crippen molar-refractivity contribution in [2.24, 2.45) is 0 Å². The first kappa shape index (κ1) is 22.7. The Labute approximate surface area is 203 Å². The monoisotopic (exact) mass is 524 g/mol. The summed E-state index contributed by atoms with van der Waals surface area (Å²) in [6.07, 6.45) is 0.102. The zero-order valence-electron chi connectivity index (χ0n) is 18.1. The minimum absolute atomic E-state index is 0.452. The predicted octanol–water partition coefficient (Wildman–Crippen LogP) is 6.55. The Morgan fingerprint density at radius 3 is 2.41 bits per heavy atom. The van der Waals surface area contributed by atoms with Crippen LogP contribution < -0.4 is 0 Å². The van der Waals surface area contributed by atoms with Gasteiger partial charge in [-0.3, -0.25) is 9.88 Å². The van der Waals surface area contributed by atoms with Crippen LogP contribution in [0.5, 0.6) is 0 Å². The van der Waals surface area contributed by atoms with Crippen molar-refractivity contribution in [1.82, 2.24) is 19.9 Å². The van der Waals surface area contributed by atoms with Gasteiger partial charge in [0, 0.05) is 59.6 Å². The highest BCUT2D eigenvalue weighted by Crippen LogP contribution is 2.31. The molecular formula is C26H20BrF3N4. The number of hydrogen-bond acceptors (Lipinski definition) is 4. The molecule has 0 saturated heterocycles. The van der Waals surface area contributed by atoms with E-state index < -0.39 is 11.7 Å². The Hall–Kier alpha value is -3.10. The van der Waals surface area contributed by atoms with Crippen LogP contribution in [0, 0.1) is 0 Å². The molecule has 0 unspecified atom stereocenters. The molecule has 3 heterocycles. The Morgan fingerprint density at radius 1 is 0.912 bits per heavy atom. The van der Waals surface area contributed by atoms with Gasteiger partial charge < -0.3 is 0 Å². The Balaban J connectivity index is 1.26. The molecule has 0 fully saturated rings. The van der Waals surface area contributed by atoms with Crippen LogP contribution in [0.3, 0.4) is 0 Å². The van der Waals surface area contributed by atoms with Gasteiger partial charge in [0.05, 0.1) is 17.0 Å². The fourth-order valence-electron chi connectivity index (χ4n) is 4.06. The van der Waals surface area contributed by atoms with Crippen molar-refractivity contribution in [2.75, 3.05) is 6.54 Å². The second-order valence-electron chi connectivity index (χ2n) is 8.23. The SMILES string of the molecule is FC(F)(F)c1ccc(-c2ncc3c(n2)CCN(Cc2ccc(-c4ccccc4Br)nc2)C3)cc1. The molecule has 0 spiro atoms. The topological polar surface area (TPSA) is 41.9 Å². The van der Waals surface area contributed by atoms with Crippen LogP contribution in [0.4, 0.5) is 13.2 Å². The molecule has 2 aromatic heterocycles. The average molecular weight is 525 g/mol. The zero-order chi connectivity index (χ0) is 23.7. The summed E-state index contributed by atoms with van der Waals surface area (Å²) in [5.74, 6) is 0.452. The van der Waals surface area contributed by atoms with Gasteiger partial charge in [0.1, 0.15) is 0 Å². The van der Waals surface area contributed by atoms with E-state index >= 15 is 0 Å². The summed E-state index contributed by atoms with van der Waals surface area (Å²) >= 11 is 3.57. The van der Waals surface area contributed by atoms with E-state index in [-0.39, 0.29) is 0 Å². The van der Waals surface area contributed by atoms with Crippen LogP contribution in [0.1, 0.15) is 22.4 Å². The third-order valence-electron chi connectivity index (χ3n) is 5.86. The molecule has 0 saturated carbocycles. The molecule has 2 aromatic carbocycles. The molecular weight excluding hydrogens is 505 g/mol. The fourth-order valence-corrected chi connectivity index (χ4v) is 4.55. The van der Waals surface area contributed by atoms with Gasteiger partial charge in [-0.1, -0.05) is 52.3 Å². The molecule has 8 heteroatoms. The summed E-state index contributed by atoms with van der Waals surface area (Å²) in [5.41, 5.74) is 4.99. The number of benzene rings is 2. The van der Waals surface area contributed by atoms with Crippen LogP contribution in [-0.2, 0) is 25.7 Å². The van der Waals surface area contributed by atoms with Crippen molar-refractivity contribution in [3.05, 3.63) is 99.9 Å². The number of halogens is 4. The summed E-state index contributed by atoms with van der Waals surface area (Å²) in [6.45, 7) is 2.32. The first-order valence-electron chi connectivity index (χ1n) is 10.8. The van der Waals surface area contributed by atoms with Crippen LogP contribution in [-0.4, -0.2) is 26.4 Å². The molecule has 0 aliphatic carbocycles. The molecule has 1 aliphatic rings. The van der Waals surface area contributed by atoms with Gasteiger partial charge in [0.25, 0.3) is 0 Å². The Bertz CT molecular complexity index is 1310. The predicted molar refractivity (Wildman–Crippen MR) is 128 cm³/mol. The van der Waals surface area contributed by atoms with Crippen LogP contribution in [0.25, 0.3) is 22.6 Å². The number of aromatic nitrogens is 3. The van der Waals surface area contributed by atoms with Gasteiger partial charge in [-0.25, -0.2) is 9.97 Å². The Kier molecular flexibility index (Phi) is 6.18. The van der Waals surface area contributed by atoms with Gasteiger partial charge in [-0.05, 0) is 29.8 Å².